The van der Waals surface area contributed by atoms with E-state index in [1.54, 1.807) is 30.5 Å². The topological polar surface area (TPSA) is 202 Å². The Balaban J connectivity index is 1.50. The second kappa shape index (κ2) is 15.1. The number of hydrogen-bond donors (Lipinski definition) is 6. The molecule has 1 amide bonds. The van der Waals surface area contributed by atoms with Crippen LogP contribution in [0.4, 0.5) is 5.95 Å². The molecule has 1 aromatic carbocycles. The van der Waals surface area contributed by atoms with Gasteiger partial charge in [0.05, 0.1) is 18.6 Å². The predicted octanol–water partition coefficient (Wildman–Crippen LogP) is 1.92. The third-order valence-corrected chi connectivity index (χ3v) is 6.98. The summed E-state index contributed by atoms with van der Waals surface area (Å²) in [7, 11) is 0. The lowest BCUT2D eigenvalue weighted by Crippen LogP contribution is -2.42. The highest BCUT2D eigenvalue weighted by Gasteiger charge is 2.24. The minimum absolute atomic E-state index is 0.0130. The first kappa shape index (κ1) is 32.3. The lowest BCUT2D eigenvalue weighted by Gasteiger charge is -2.24. The molecule has 7 N–H and O–H groups in total. The van der Waals surface area contributed by atoms with E-state index >= 15 is 0 Å². The standard InChI is InChI=1S/C29H40N6O7/c1-4-29(2,3)32-13-14-41-15-16-42-27(40)21(11-12-22(36)37)33-25(38)19-8-5-18(6-9-19)7-10-20-17-31-24-23(20)26(39)35-28(30)34-24/h5-6,8-9,17,21,32H,4,7,10-16H2,1-3H3,(H,33,38)(H,36,37)(H4,30,31,34,35,39)/t21-/m0/s1. The van der Waals surface area contributed by atoms with Gasteiger partial charge in [-0.2, -0.15) is 4.98 Å². The Hall–Kier alpha value is -4.23. The van der Waals surface area contributed by atoms with E-state index < -0.39 is 23.9 Å². The molecule has 0 aliphatic carbocycles. The number of esters is 1. The van der Waals surface area contributed by atoms with Crippen molar-refractivity contribution in [2.75, 3.05) is 32.1 Å². The van der Waals surface area contributed by atoms with Crippen LogP contribution < -0.4 is 21.9 Å². The minimum Gasteiger partial charge on any atom is -0.481 e. The Morgan fingerprint density at radius 2 is 1.86 bits per heavy atom. The number of aliphatic carboxylic acids is 1. The third kappa shape index (κ3) is 9.70. The molecule has 2 heterocycles. The number of nitrogens with two attached hydrogens (primary N) is 1. The summed E-state index contributed by atoms with van der Waals surface area (Å²) in [4.78, 5) is 58.4. The van der Waals surface area contributed by atoms with Gasteiger partial charge in [0.15, 0.2) is 0 Å². The summed E-state index contributed by atoms with van der Waals surface area (Å²) in [6.45, 7) is 7.55. The molecule has 13 heteroatoms. The molecule has 0 spiro atoms. The summed E-state index contributed by atoms with van der Waals surface area (Å²) < 4.78 is 10.7. The number of hydrogen-bond acceptors (Lipinski definition) is 9. The molecule has 0 saturated carbocycles. The number of benzene rings is 1. The Morgan fingerprint density at radius 1 is 1.12 bits per heavy atom. The van der Waals surface area contributed by atoms with Crippen molar-refractivity contribution in [1.82, 2.24) is 25.6 Å². The molecule has 0 unspecified atom stereocenters. The number of amides is 1. The molecule has 2 aromatic heterocycles. The Bertz CT molecular complexity index is 1410. The summed E-state index contributed by atoms with van der Waals surface area (Å²) in [6.07, 6.45) is 3.43. The van der Waals surface area contributed by atoms with Crippen molar-refractivity contribution in [3.63, 3.8) is 0 Å². The second-order valence-corrected chi connectivity index (χ2v) is 10.6. The predicted molar refractivity (Wildman–Crippen MR) is 157 cm³/mol. The smallest absolute Gasteiger partial charge is 0.328 e. The van der Waals surface area contributed by atoms with Crippen molar-refractivity contribution in [3.8, 4) is 0 Å². The first-order valence-corrected chi connectivity index (χ1v) is 14.0. The number of ether oxygens (including phenoxy) is 2. The van der Waals surface area contributed by atoms with Crippen LogP contribution in [0.1, 0.15) is 61.5 Å². The maximum absolute atomic E-state index is 12.9. The minimum atomic E-state index is -1.12. The number of fused-ring (bicyclic) bond motifs is 1. The average Bonchev–Trinajstić information content (AvgIpc) is 3.36. The number of nitrogens with one attached hydrogen (secondary N) is 4. The zero-order chi connectivity index (χ0) is 30.7. The molecule has 3 rings (SSSR count). The van der Waals surface area contributed by atoms with Gasteiger partial charge in [-0.25, -0.2) is 4.79 Å². The molecule has 0 fully saturated rings. The summed E-state index contributed by atoms with van der Waals surface area (Å²) in [5, 5.41) is 15.5. The highest BCUT2D eigenvalue weighted by Crippen LogP contribution is 2.16. The monoisotopic (exact) mass is 584 g/mol. The lowest BCUT2D eigenvalue weighted by atomic mass is 10.0. The van der Waals surface area contributed by atoms with Crippen LogP contribution in [0.2, 0.25) is 0 Å². The maximum Gasteiger partial charge on any atom is 0.328 e. The number of H-pyrrole nitrogens is 2. The number of nitrogen functional groups attached to an aromatic ring is 1. The number of aryl methyl sites for hydroxylation is 2. The molecular weight excluding hydrogens is 544 g/mol. The van der Waals surface area contributed by atoms with Crippen molar-refractivity contribution in [2.45, 2.75) is 64.5 Å². The third-order valence-electron chi connectivity index (χ3n) is 6.98. The highest BCUT2D eigenvalue weighted by atomic mass is 16.6. The van der Waals surface area contributed by atoms with E-state index in [9.17, 15) is 19.2 Å². The molecule has 228 valence electrons. The van der Waals surface area contributed by atoms with Crippen LogP contribution in [0.5, 0.6) is 0 Å². The van der Waals surface area contributed by atoms with Crippen molar-refractivity contribution in [1.29, 1.82) is 0 Å². The van der Waals surface area contributed by atoms with E-state index in [4.69, 9.17) is 20.3 Å². The van der Waals surface area contributed by atoms with E-state index in [1.165, 1.54) is 0 Å². The van der Waals surface area contributed by atoms with Gasteiger partial charge in [-0.05, 0) is 62.8 Å². The van der Waals surface area contributed by atoms with Crippen LogP contribution in [0, 0.1) is 0 Å². The lowest BCUT2D eigenvalue weighted by molar-refractivity contribution is -0.148. The number of rotatable bonds is 17. The van der Waals surface area contributed by atoms with Crippen LogP contribution in [-0.2, 0) is 31.9 Å². The first-order valence-electron chi connectivity index (χ1n) is 14.0. The molecule has 0 aliphatic heterocycles. The quantitative estimate of drug-likeness (QED) is 0.101. The molecule has 42 heavy (non-hydrogen) atoms. The van der Waals surface area contributed by atoms with Gasteiger partial charge in [-0.3, -0.25) is 19.4 Å². The number of carbonyl (C=O) groups excluding carboxylic acids is 2. The van der Waals surface area contributed by atoms with Crippen LogP contribution in [-0.4, -0.2) is 75.9 Å². The van der Waals surface area contributed by atoms with Crippen molar-refractivity contribution >= 4 is 34.8 Å². The Kier molecular flexibility index (Phi) is 11.6. The van der Waals surface area contributed by atoms with E-state index in [0.29, 0.717) is 42.6 Å². The second-order valence-electron chi connectivity index (χ2n) is 10.6. The number of aromatic amines is 2. The Labute approximate surface area is 243 Å². The molecule has 1 atom stereocenters. The van der Waals surface area contributed by atoms with Crippen molar-refractivity contribution < 1.29 is 29.0 Å². The van der Waals surface area contributed by atoms with Gasteiger partial charge in [0, 0.05) is 30.3 Å². The van der Waals surface area contributed by atoms with E-state index in [0.717, 1.165) is 17.5 Å². The molecule has 0 bridgehead atoms. The summed E-state index contributed by atoms with van der Waals surface area (Å²) >= 11 is 0. The first-order chi connectivity index (χ1) is 20.0. The van der Waals surface area contributed by atoms with Crippen LogP contribution in [0.3, 0.4) is 0 Å². The van der Waals surface area contributed by atoms with Gasteiger partial charge in [0.2, 0.25) is 5.95 Å². The zero-order valence-electron chi connectivity index (χ0n) is 24.2. The molecule has 13 nitrogen and oxygen atoms in total. The molecule has 0 radical (unpaired) electrons. The van der Waals surface area contributed by atoms with Crippen LogP contribution in [0.25, 0.3) is 11.0 Å². The van der Waals surface area contributed by atoms with Gasteiger partial charge in [-0.15, -0.1) is 0 Å². The number of carboxylic acid groups (broad SMARTS) is 1. The van der Waals surface area contributed by atoms with Crippen molar-refractivity contribution in [3.05, 3.63) is 57.5 Å². The fraction of sp³-hybridized carbons (Fsp3) is 0.483. The number of nitrogens with zero attached hydrogens (tertiary/aromatic N) is 1. The number of carbonyl (C=O) groups is 3. The van der Waals surface area contributed by atoms with Gasteiger partial charge in [0.25, 0.3) is 11.5 Å². The number of anilines is 1. The molecule has 0 saturated heterocycles. The summed E-state index contributed by atoms with van der Waals surface area (Å²) in [5.41, 5.74) is 7.74. The Morgan fingerprint density at radius 3 is 2.55 bits per heavy atom. The van der Waals surface area contributed by atoms with Gasteiger partial charge >= 0.3 is 11.9 Å². The van der Waals surface area contributed by atoms with E-state index in [-0.39, 0.29) is 43.1 Å². The fourth-order valence-electron chi connectivity index (χ4n) is 4.17. The van der Waals surface area contributed by atoms with Gasteiger partial charge in [0.1, 0.15) is 18.3 Å². The fourth-order valence-corrected chi connectivity index (χ4v) is 4.17. The highest BCUT2D eigenvalue weighted by molar-refractivity contribution is 5.96. The van der Waals surface area contributed by atoms with Crippen molar-refractivity contribution in [2.24, 2.45) is 0 Å². The van der Waals surface area contributed by atoms with Crippen LogP contribution in [0.15, 0.2) is 35.3 Å². The average molecular weight is 585 g/mol. The number of carboxylic acids is 1. The largest absolute Gasteiger partial charge is 0.481 e. The molecular formula is C29H40N6O7. The van der Waals surface area contributed by atoms with Crippen LogP contribution >= 0.6 is 0 Å². The van der Waals surface area contributed by atoms with E-state index in [2.05, 4.69) is 46.4 Å². The van der Waals surface area contributed by atoms with Gasteiger partial charge < -0.3 is 35.9 Å². The SMILES string of the molecule is CCC(C)(C)NCCOCCOC(=O)[C@H](CCC(=O)O)NC(=O)c1ccc(CCc2c[nH]c3nc(N)[nH]c(=O)c23)cc1. The van der Waals surface area contributed by atoms with E-state index in [1.807, 2.05) is 0 Å². The number of aromatic nitrogens is 3. The molecule has 3 aromatic rings. The maximum atomic E-state index is 12.9. The normalized spacial score (nSPS) is 12.3. The molecule has 0 aliphatic rings. The van der Waals surface area contributed by atoms with Gasteiger partial charge in [-0.1, -0.05) is 19.1 Å². The summed E-state index contributed by atoms with van der Waals surface area (Å²) in [5.74, 6) is -2.30. The summed E-state index contributed by atoms with van der Waals surface area (Å²) in [6, 6.07) is 5.68. The zero-order valence-corrected chi connectivity index (χ0v) is 24.2.